The number of esters is 1. The average molecular weight is 719 g/mol. The van der Waals surface area contributed by atoms with Gasteiger partial charge < -0.3 is 43.9 Å². The summed E-state index contributed by atoms with van der Waals surface area (Å²) in [5.74, 6) is -2.22. The molecule has 0 aromatic heterocycles. The minimum atomic E-state index is -1.57. The van der Waals surface area contributed by atoms with E-state index < -0.39 is 65.8 Å². The maximum atomic E-state index is 13.9. The molecule has 290 valence electrons. The van der Waals surface area contributed by atoms with E-state index >= 15 is 0 Å². The van der Waals surface area contributed by atoms with E-state index in [9.17, 15) is 20.1 Å². The van der Waals surface area contributed by atoms with Gasteiger partial charge in [0.1, 0.15) is 23.9 Å². The van der Waals surface area contributed by atoms with Crippen molar-refractivity contribution >= 4 is 5.97 Å². The number of nitrogens with zero attached hydrogens (tertiary/aromatic N) is 2. The molecular formula is C40H66N2O9. The molecule has 4 rings (SSSR count). The van der Waals surface area contributed by atoms with Gasteiger partial charge in [-0.05, 0) is 79.5 Å². The molecule has 2 unspecified atom stereocenters. The standard InChI is InChI=1S/C40H66N2O9/c1-11-32-40(8,46)36-29(6)42(24-30-17-13-12-14-18-30)23-25(2)22-39(7,48-20-16-15-19-47-36)35(27(4)33(43)28(5)37(45)50-32)51-38-34(44)31(41(9)10)21-26(3)49-38/h12-18,25-29,31-36,38,43-44,46H,11,19-24H2,1-10H3/b16-15-/t25-,26-,27+,28?,29-,31+,32-,33?,34-,35-,36-,38+,39-,40-/m1/s1. The monoisotopic (exact) mass is 718 g/mol. The molecule has 0 radical (unpaired) electrons. The summed E-state index contributed by atoms with van der Waals surface area (Å²) in [5.41, 5.74) is -1.45. The smallest absolute Gasteiger partial charge is 0.311 e. The summed E-state index contributed by atoms with van der Waals surface area (Å²) >= 11 is 0. The van der Waals surface area contributed by atoms with Gasteiger partial charge in [0.15, 0.2) is 6.29 Å². The van der Waals surface area contributed by atoms with Crippen molar-refractivity contribution in [3.63, 3.8) is 0 Å². The van der Waals surface area contributed by atoms with E-state index in [4.69, 9.17) is 23.7 Å². The number of cyclic esters (lactones) is 1. The van der Waals surface area contributed by atoms with Crippen LogP contribution in [0.4, 0.5) is 0 Å². The zero-order chi connectivity index (χ0) is 37.7. The lowest BCUT2D eigenvalue weighted by molar-refractivity contribution is -0.303. The molecule has 0 saturated carbocycles. The van der Waals surface area contributed by atoms with E-state index in [1.54, 1.807) is 13.8 Å². The molecule has 1 aromatic carbocycles. The quantitative estimate of drug-likeness (QED) is 0.290. The predicted octanol–water partition coefficient (Wildman–Crippen LogP) is 4.16. The fourth-order valence-corrected chi connectivity index (χ4v) is 8.57. The van der Waals surface area contributed by atoms with Crippen molar-refractivity contribution < 1.29 is 43.8 Å². The van der Waals surface area contributed by atoms with Gasteiger partial charge in [0.05, 0.1) is 43.0 Å². The van der Waals surface area contributed by atoms with Crippen LogP contribution >= 0.6 is 0 Å². The van der Waals surface area contributed by atoms with Crippen LogP contribution in [0.1, 0.15) is 80.2 Å². The number of carbonyl (C=O) groups is 1. The van der Waals surface area contributed by atoms with Crippen LogP contribution < -0.4 is 0 Å². The Morgan fingerprint density at radius 1 is 1.00 bits per heavy atom. The second kappa shape index (κ2) is 17.9. The average Bonchev–Trinajstić information content (AvgIpc) is 3.08. The Labute approximate surface area is 306 Å². The van der Waals surface area contributed by atoms with Crippen molar-refractivity contribution in [1.82, 2.24) is 9.80 Å². The van der Waals surface area contributed by atoms with Crippen LogP contribution in [0, 0.1) is 17.8 Å². The van der Waals surface area contributed by atoms with Crippen molar-refractivity contribution in [2.24, 2.45) is 17.8 Å². The van der Waals surface area contributed by atoms with E-state index in [1.165, 1.54) is 0 Å². The van der Waals surface area contributed by atoms with Crippen LogP contribution in [0.25, 0.3) is 0 Å². The first kappa shape index (κ1) is 41.8. The second-order valence-electron chi connectivity index (χ2n) is 16.1. The highest BCUT2D eigenvalue weighted by molar-refractivity contribution is 5.73. The normalized spacial score (nSPS) is 43.2. The Hall–Kier alpha value is -1.93. The summed E-state index contributed by atoms with van der Waals surface area (Å²) in [7, 11) is 3.86. The first-order valence-corrected chi connectivity index (χ1v) is 18.9. The van der Waals surface area contributed by atoms with E-state index in [2.05, 4.69) is 30.9 Å². The zero-order valence-electron chi connectivity index (χ0n) is 32.6. The number of aliphatic hydroxyl groups is 3. The van der Waals surface area contributed by atoms with E-state index in [-0.39, 0.29) is 37.3 Å². The van der Waals surface area contributed by atoms with Gasteiger partial charge in [-0.2, -0.15) is 0 Å². The minimum absolute atomic E-state index is 0.0278. The SMILES string of the molecule is CC[C@H]1OC(=O)C(C)C(O)[C@H](C)[C@@H](O[C@@H]2O[C@H](C)C[C@H](N(C)C)[C@H]2O)[C@@]2(C)C[C@@H](C)CN(Cc3ccccc3)[C@H](C)[C@@H](OC/C=C\CO2)[C@]1(C)O. The maximum Gasteiger partial charge on any atom is 0.311 e. The summed E-state index contributed by atoms with van der Waals surface area (Å²) in [6, 6.07) is 9.71. The topological polar surface area (TPSA) is 130 Å². The van der Waals surface area contributed by atoms with Gasteiger partial charge in [-0.3, -0.25) is 9.69 Å². The van der Waals surface area contributed by atoms with E-state index in [1.807, 2.05) is 77.0 Å². The molecule has 11 nitrogen and oxygen atoms in total. The molecule has 2 saturated heterocycles. The van der Waals surface area contributed by atoms with Gasteiger partial charge in [0.2, 0.25) is 0 Å². The number of ether oxygens (including phenoxy) is 5. The Balaban J connectivity index is 1.87. The fraction of sp³-hybridized carbons (Fsp3) is 0.775. The van der Waals surface area contributed by atoms with E-state index in [0.29, 0.717) is 32.4 Å². The molecule has 2 fully saturated rings. The lowest BCUT2D eigenvalue weighted by Crippen LogP contribution is -2.60. The number of aliphatic hydroxyl groups excluding tert-OH is 2. The Morgan fingerprint density at radius 3 is 2.31 bits per heavy atom. The highest BCUT2D eigenvalue weighted by Gasteiger charge is 2.51. The summed E-state index contributed by atoms with van der Waals surface area (Å²) in [4.78, 5) is 18.2. The number of rotatable bonds is 6. The number of hydrogen-bond acceptors (Lipinski definition) is 11. The zero-order valence-corrected chi connectivity index (χ0v) is 32.6. The van der Waals surface area contributed by atoms with Crippen LogP contribution in [-0.2, 0) is 35.0 Å². The van der Waals surface area contributed by atoms with Gasteiger partial charge in [-0.25, -0.2) is 0 Å². The van der Waals surface area contributed by atoms with Crippen LogP contribution in [0.5, 0.6) is 0 Å². The third kappa shape index (κ3) is 9.99. The molecule has 3 heterocycles. The molecule has 2 bridgehead atoms. The van der Waals surface area contributed by atoms with Crippen LogP contribution in [0.2, 0.25) is 0 Å². The van der Waals surface area contributed by atoms with Gasteiger partial charge in [-0.1, -0.05) is 63.3 Å². The molecule has 0 spiro atoms. The van der Waals surface area contributed by atoms with Crippen molar-refractivity contribution in [3.8, 4) is 0 Å². The lowest BCUT2D eigenvalue weighted by atomic mass is 9.77. The van der Waals surface area contributed by atoms with Crippen molar-refractivity contribution in [2.75, 3.05) is 33.9 Å². The number of fused-ring (bicyclic) bond motifs is 6. The van der Waals surface area contributed by atoms with Crippen LogP contribution in [0.15, 0.2) is 42.5 Å². The van der Waals surface area contributed by atoms with Crippen LogP contribution in [0.3, 0.4) is 0 Å². The van der Waals surface area contributed by atoms with Gasteiger partial charge in [0, 0.05) is 31.1 Å². The third-order valence-electron chi connectivity index (χ3n) is 11.5. The highest BCUT2D eigenvalue weighted by Crippen LogP contribution is 2.39. The molecule has 3 aliphatic rings. The number of carbonyl (C=O) groups excluding carboxylic acids is 1. The molecule has 3 aliphatic heterocycles. The number of hydrogen-bond donors (Lipinski definition) is 3. The summed E-state index contributed by atoms with van der Waals surface area (Å²) < 4.78 is 32.5. The second-order valence-corrected chi connectivity index (χ2v) is 16.1. The van der Waals surface area contributed by atoms with Crippen molar-refractivity contribution in [1.29, 1.82) is 0 Å². The largest absolute Gasteiger partial charge is 0.459 e. The Bertz CT molecular complexity index is 1260. The predicted molar refractivity (Wildman–Crippen MR) is 196 cm³/mol. The number of likely N-dealkylation sites (N-methyl/N-ethyl adjacent to an activating group) is 1. The molecular weight excluding hydrogens is 652 g/mol. The first-order chi connectivity index (χ1) is 24.0. The first-order valence-electron chi connectivity index (χ1n) is 18.9. The van der Waals surface area contributed by atoms with Gasteiger partial charge in [0.25, 0.3) is 0 Å². The lowest BCUT2D eigenvalue weighted by Gasteiger charge is -2.48. The maximum absolute atomic E-state index is 13.9. The molecule has 0 amide bonds. The molecule has 3 N–H and O–H groups in total. The summed E-state index contributed by atoms with van der Waals surface area (Å²) in [6.07, 6.45) is -0.516. The van der Waals surface area contributed by atoms with Gasteiger partial charge in [-0.15, -0.1) is 0 Å². The number of benzene rings is 1. The van der Waals surface area contributed by atoms with Crippen LogP contribution in [-0.4, -0.2) is 131 Å². The fourth-order valence-electron chi connectivity index (χ4n) is 8.57. The van der Waals surface area contributed by atoms with Crippen molar-refractivity contribution in [2.45, 2.75) is 147 Å². The summed E-state index contributed by atoms with van der Waals surface area (Å²) in [5, 5.41) is 35.8. The molecule has 51 heavy (non-hydrogen) atoms. The minimum Gasteiger partial charge on any atom is -0.459 e. The molecule has 0 aliphatic carbocycles. The van der Waals surface area contributed by atoms with Gasteiger partial charge >= 0.3 is 5.97 Å². The third-order valence-corrected chi connectivity index (χ3v) is 11.5. The Kier molecular flexibility index (Phi) is 14.7. The van der Waals surface area contributed by atoms with E-state index in [0.717, 1.165) is 5.56 Å². The molecule has 1 aromatic rings. The Morgan fingerprint density at radius 2 is 1.67 bits per heavy atom. The molecule has 14 atom stereocenters. The molecule has 11 heteroatoms. The highest BCUT2D eigenvalue weighted by atomic mass is 16.7. The van der Waals surface area contributed by atoms with Crippen molar-refractivity contribution in [3.05, 3.63) is 48.0 Å². The summed E-state index contributed by atoms with van der Waals surface area (Å²) in [6.45, 7) is 16.9.